The van der Waals surface area contributed by atoms with E-state index in [2.05, 4.69) is 36.9 Å². The van der Waals surface area contributed by atoms with Gasteiger partial charge in [-0.2, -0.15) is 0 Å². The van der Waals surface area contributed by atoms with Gasteiger partial charge in [-0.3, -0.25) is 38.6 Å². The number of carbonyl (C=O) groups excluding carboxylic acids is 7. The number of aromatic hydroxyl groups is 1. The first-order valence-electron chi connectivity index (χ1n) is 25.0. The van der Waals surface area contributed by atoms with Gasteiger partial charge in [0.1, 0.15) is 48.0 Å². The zero-order valence-electron chi connectivity index (χ0n) is 41.8. The summed E-state index contributed by atoms with van der Waals surface area (Å²) in [4.78, 5) is 115. The Bertz CT molecular complexity index is 1920. The van der Waals surface area contributed by atoms with Crippen molar-refractivity contribution in [3.8, 4) is 5.75 Å². The predicted octanol–water partition coefficient (Wildman–Crippen LogP) is -3.27. The lowest BCUT2D eigenvalue weighted by Crippen LogP contribution is -2.61. The number of nitrogens with zero attached hydrogens (tertiary/aromatic N) is 2. The van der Waals surface area contributed by atoms with Crippen molar-refractivity contribution in [1.82, 2.24) is 36.8 Å². The van der Waals surface area contributed by atoms with Crippen LogP contribution in [0.5, 0.6) is 5.75 Å². The number of rotatable bonds is 35. The zero-order valence-corrected chi connectivity index (χ0v) is 41.8. The molecule has 0 bridgehead atoms. The second-order valence-electron chi connectivity index (χ2n) is 18.2. The fourth-order valence-electron chi connectivity index (χ4n) is 8.01. The molecule has 72 heavy (non-hydrogen) atoms. The molecule has 21 N–H and O–H groups in total. The van der Waals surface area contributed by atoms with Crippen molar-refractivity contribution >= 4 is 53.3 Å². The summed E-state index contributed by atoms with van der Waals surface area (Å²) in [6, 6.07) is -4.19. The lowest BCUT2D eigenvalue weighted by molar-refractivity contribution is -0.143. The predicted molar refractivity (Wildman–Crippen MR) is 269 cm³/mol. The van der Waals surface area contributed by atoms with Crippen LogP contribution < -0.4 is 66.3 Å². The number of phenolic OH excluding ortho intramolecular Hbond substituents is 1. The van der Waals surface area contributed by atoms with Gasteiger partial charge in [0.15, 0.2) is 5.96 Å². The third-order valence-electron chi connectivity index (χ3n) is 12.5. The molecule has 1 aromatic carbocycles. The number of nitrogens with one attached hydrogen (secondary N) is 6. The average Bonchev–Trinajstić information content (AvgIpc) is 3.85. The Kier molecular flexibility index (Phi) is 28.8. The van der Waals surface area contributed by atoms with Crippen molar-refractivity contribution in [3.63, 3.8) is 0 Å². The summed E-state index contributed by atoms with van der Waals surface area (Å²) in [5.41, 5.74) is 34.8. The van der Waals surface area contributed by atoms with Gasteiger partial charge in [-0.15, -0.1) is 0 Å². The van der Waals surface area contributed by atoms with Crippen LogP contribution in [0.2, 0.25) is 0 Å². The van der Waals surface area contributed by atoms with Crippen LogP contribution in [0, 0.1) is 5.92 Å². The van der Waals surface area contributed by atoms with Crippen molar-refractivity contribution in [2.45, 2.75) is 158 Å². The number of aliphatic carboxylic acids is 1. The Labute approximate surface area is 421 Å². The number of aliphatic hydroxyl groups excluding tert-OH is 1. The fraction of sp³-hybridized carbons (Fsp3) is 0.681. The van der Waals surface area contributed by atoms with Crippen molar-refractivity contribution in [2.24, 2.45) is 45.3 Å². The van der Waals surface area contributed by atoms with Gasteiger partial charge >= 0.3 is 5.97 Å². The Morgan fingerprint density at radius 3 is 1.69 bits per heavy atom. The Morgan fingerprint density at radius 2 is 1.17 bits per heavy atom. The van der Waals surface area contributed by atoms with E-state index in [1.165, 1.54) is 29.2 Å². The summed E-state index contributed by atoms with van der Waals surface area (Å²) in [6.45, 7) is 3.96. The van der Waals surface area contributed by atoms with E-state index in [9.17, 15) is 53.7 Å². The Morgan fingerprint density at radius 1 is 0.681 bits per heavy atom. The van der Waals surface area contributed by atoms with Crippen LogP contribution >= 0.6 is 0 Å². The molecular weight excluding hydrogens is 937 g/mol. The number of guanidine groups is 1. The molecule has 7 amide bonds. The maximum atomic E-state index is 14.4. The van der Waals surface area contributed by atoms with Crippen molar-refractivity contribution in [3.05, 3.63) is 29.8 Å². The summed E-state index contributed by atoms with van der Waals surface area (Å²) in [5, 5.41) is 44.7. The number of nitrogens with two attached hydrogens (primary N) is 6. The molecule has 1 aliphatic heterocycles. The summed E-state index contributed by atoms with van der Waals surface area (Å²) < 4.78 is 0. The van der Waals surface area contributed by atoms with Gasteiger partial charge in [-0.05, 0) is 120 Å². The molecule has 25 heteroatoms. The third-order valence-corrected chi connectivity index (χ3v) is 12.5. The van der Waals surface area contributed by atoms with Crippen LogP contribution in [-0.2, 0) is 44.8 Å². The number of benzene rings is 1. The number of amides is 7. The van der Waals surface area contributed by atoms with Gasteiger partial charge in [0, 0.05) is 19.5 Å². The molecule has 1 aliphatic rings. The number of carbonyl (C=O) groups is 8. The number of aliphatic imine (C=N–C) groups is 1. The van der Waals surface area contributed by atoms with Crippen molar-refractivity contribution in [1.29, 1.82) is 0 Å². The monoisotopic (exact) mass is 1020 g/mol. The minimum absolute atomic E-state index is 0.0421. The average molecular weight is 1020 g/mol. The number of carboxylic acids is 1. The molecule has 406 valence electrons. The number of phenols is 1. The summed E-state index contributed by atoms with van der Waals surface area (Å²) >= 11 is 0. The van der Waals surface area contributed by atoms with Gasteiger partial charge < -0.3 is 86.5 Å². The van der Waals surface area contributed by atoms with E-state index in [0.717, 1.165) is 0 Å². The van der Waals surface area contributed by atoms with Crippen LogP contribution in [0.15, 0.2) is 29.3 Å². The summed E-state index contributed by atoms with van der Waals surface area (Å²) in [5.74, 6) is -7.33. The first-order chi connectivity index (χ1) is 34.3. The molecule has 0 aliphatic carbocycles. The number of hydrogen-bond donors (Lipinski definition) is 15. The Balaban J connectivity index is 2.43. The lowest BCUT2D eigenvalue weighted by Gasteiger charge is -2.30. The number of aliphatic hydroxyl groups is 1. The maximum Gasteiger partial charge on any atom is 0.328 e. The third kappa shape index (κ3) is 21.7. The van der Waals surface area contributed by atoms with Gasteiger partial charge in [-0.25, -0.2) is 4.79 Å². The van der Waals surface area contributed by atoms with Crippen LogP contribution in [0.4, 0.5) is 0 Å². The molecule has 25 nitrogen and oxygen atoms in total. The topological polar surface area (TPSA) is 441 Å². The normalized spacial score (nSPS) is 16.6. The molecular formula is C47H82N14O11. The van der Waals surface area contributed by atoms with Gasteiger partial charge in [-0.1, -0.05) is 38.8 Å². The van der Waals surface area contributed by atoms with Crippen molar-refractivity contribution in [2.75, 3.05) is 39.3 Å². The van der Waals surface area contributed by atoms with Crippen LogP contribution in [-0.4, -0.2) is 161 Å². The number of hydrogen-bond acceptors (Lipinski definition) is 15. The fourth-order valence-corrected chi connectivity index (χ4v) is 8.01. The van der Waals surface area contributed by atoms with Crippen LogP contribution in [0.25, 0.3) is 0 Å². The SMILES string of the molecule is CC[C@H](C)[C@H](NC(=O)[C@H](CCCCN)NC(=O)[C@H](CCCCN)NC(=O)[C@@H]1CCCN1C(=O)[C@@H](N)CCCCN)C(=O)N[C@@H](CCCN=C(N)N)C(=O)N[C@@H](Cc1ccc(O)cc1)C(=O)N[C@@H](CO)C(=O)O. The molecule has 0 unspecified atom stereocenters. The molecule has 1 saturated heterocycles. The number of unbranched alkanes of at least 4 members (excludes halogenated alkanes) is 3. The lowest BCUT2D eigenvalue weighted by atomic mass is 9.96. The highest BCUT2D eigenvalue weighted by molar-refractivity contribution is 5.98. The molecule has 9 atom stereocenters. The van der Waals surface area contributed by atoms with E-state index in [1.807, 2.05) is 0 Å². The second-order valence-corrected chi connectivity index (χ2v) is 18.2. The highest BCUT2D eigenvalue weighted by Crippen LogP contribution is 2.21. The van der Waals surface area contributed by atoms with E-state index in [-0.39, 0.29) is 62.8 Å². The smallest absolute Gasteiger partial charge is 0.328 e. The number of carboxylic acid groups (broad SMARTS) is 1. The van der Waals surface area contributed by atoms with E-state index < -0.39 is 102 Å². The van der Waals surface area contributed by atoms with Gasteiger partial charge in [0.05, 0.1) is 12.6 Å². The minimum atomic E-state index is -1.71. The minimum Gasteiger partial charge on any atom is -0.508 e. The second kappa shape index (κ2) is 33.5. The number of likely N-dealkylation sites (tertiary alicyclic amines) is 1. The largest absolute Gasteiger partial charge is 0.508 e. The summed E-state index contributed by atoms with van der Waals surface area (Å²) in [7, 11) is 0. The quantitative estimate of drug-likeness (QED) is 0.0180. The molecule has 0 spiro atoms. The maximum absolute atomic E-state index is 14.4. The Hall–Kier alpha value is -6.15. The highest BCUT2D eigenvalue weighted by atomic mass is 16.4. The van der Waals surface area contributed by atoms with E-state index in [4.69, 9.17) is 34.4 Å². The zero-order chi connectivity index (χ0) is 53.8. The molecule has 1 fully saturated rings. The van der Waals surface area contributed by atoms with Gasteiger partial charge in [0.25, 0.3) is 0 Å². The molecule has 0 aromatic heterocycles. The summed E-state index contributed by atoms with van der Waals surface area (Å²) in [6.07, 6.45) is 5.02. The molecule has 0 radical (unpaired) electrons. The van der Waals surface area contributed by atoms with Crippen molar-refractivity contribution < 1.29 is 53.7 Å². The first-order valence-corrected chi connectivity index (χ1v) is 25.0. The first kappa shape index (κ1) is 62.0. The van der Waals surface area contributed by atoms with E-state index in [0.29, 0.717) is 89.4 Å². The van der Waals surface area contributed by atoms with Gasteiger partial charge in [0.2, 0.25) is 41.4 Å². The molecule has 0 saturated carbocycles. The molecule has 2 rings (SSSR count). The molecule has 1 heterocycles. The standard InChI is InChI=1S/C47H82N14O11/c1-3-28(2)38(44(69)57-34(15-10-24-54-47(52)53)40(65)58-35(26-29-17-19-30(63)20-18-29)42(67)59-36(27-62)46(71)72)60-41(66)33(14-6-9-23-50)55-39(64)32(13-5-8-22-49)56-43(68)37-16-11-25-61(37)45(70)31(51)12-4-7-21-48/h17-20,28,31-38,62-63H,3-16,21-27,48-51H2,1-2H3,(H,55,64)(H,56,68)(H,57,69)(H,58,65)(H,59,67)(H,60,66)(H,71,72)(H4,52,53,54)/t28-,31-,32-,33-,34-,35-,36-,37-,38-/m0/s1. The highest BCUT2D eigenvalue weighted by Gasteiger charge is 2.39. The van der Waals surface area contributed by atoms with Crippen LogP contribution in [0.3, 0.4) is 0 Å². The van der Waals surface area contributed by atoms with E-state index >= 15 is 0 Å². The van der Waals surface area contributed by atoms with Crippen LogP contribution in [0.1, 0.15) is 109 Å². The van der Waals surface area contributed by atoms with E-state index in [1.54, 1.807) is 13.8 Å². The molecule has 1 aromatic rings.